The third kappa shape index (κ3) is 4.03. The van der Waals surface area contributed by atoms with Crippen LogP contribution < -0.4 is 19.9 Å². The molecule has 0 aromatic heterocycles. The summed E-state index contributed by atoms with van der Waals surface area (Å²) in [6.45, 7) is 3.18. The summed E-state index contributed by atoms with van der Waals surface area (Å²) in [5.74, 6) is 0.881. The van der Waals surface area contributed by atoms with E-state index >= 15 is 0 Å². The fraction of sp³-hybridized carbons (Fsp3) is 0.296. The molecular formula is C27H29N3O2. The number of nitrogens with one attached hydrogen (secondary N) is 1. The van der Waals surface area contributed by atoms with E-state index in [1.54, 1.807) is 7.11 Å². The molecule has 2 atom stereocenters. The van der Waals surface area contributed by atoms with Crippen LogP contribution in [-0.4, -0.2) is 38.7 Å². The first kappa shape index (κ1) is 20.4. The molecule has 0 bridgehead atoms. The van der Waals surface area contributed by atoms with E-state index in [0.29, 0.717) is 6.54 Å². The van der Waals surface area contributed by atoms with Gasteiger partial charge in [0.1, 0.15) is 5.75 Å². The van der Waals surface area contributed by atoms with E-state index in [1.165, 1.54) is 16.9 Å². The summed E-state index contributed by atoms with van der Waals surface area (Å²) in [6, 6.07) is 27.0. The lowest BCUT2D eigenvalue weighted by Crippen LogP contribution is -2.61. The largest absolute Gasteiger partial charge is 0.497 e. The topological polar surface area (TPSA) is 44.8 Å². The molecule has 32 heavy (non-hydrogen) atoms. The first-order valence-electron chi connectivity index (χ1n) is 11.3. The molecule has 0 spiro atoms. The predicted molar refractivity (Wildman–Crippen MR) is 128 cm³/mol. The highest BCUT2D eigenvalue weighted by molar-refractivity contribution is 5.82. The normalized spacial score (nSPS) is 19.7. The zero-order valence-corrected chi connectivity index (χ0v) is 18.4. The Morgan fingerprint density at radius 3 is 2.50 bits per heavy atom. The van der Waals surface area contributed by atoms with Crippen molar-refractivity contribution in [2.45, 2.75) is 19.0 Å². The van der Waals surface area contributed by atoms with Crippen molar-refractivity contribution in [1.82, 2.24) is 5.32 Å². The summed E-state index contributed by atoms with van der Waals surface area (Å²) < 4.78 is 5.50. The summed E-state index contributed by atoms with van der Waals surface area (Å²) in [5, 5.41) is 3.20. The molecule has 5 heteroatoms. The van der Waals surface area contributed by atoms with E-state index in [-0.39, 0.29) is 17.9 Å². The number of nitrogens with zero attached hydrogens (tertiary/aromatic N) is 2. The number of para-hydroxylation sites is 1. The van der Waals surface area contributed by atoms with E-state index in [0.717, 1.165) is 37.4 Å². The number of anilines is 2. The molecule has 2 aliphatic rings. The number of ether oxygens (including phenoxy) is 1. The molecule has 3 aromatic carbocycles. The highest BCUT2D eigenvalue weighted by atomic mass is 16.5. The molecule has 2 unspecified atom stereocenters. The molecule has 1 amide bonds. The van der Waals surface area contributed by atoms with Crippen LogP contribution in [0.2, 0.25) is 0 Å². The quantitative estimate of drug-likeness (QED) is 0.671. The number of rotatable bonds is 5. The van der Waals surface area contributed by atoms with Crippen molar-refractivity contribution in [2.75, 3.05) is 36.5 Å². The first-order valence-corrected chi connectivity index (χ1v) is 11.3. The van der Waals surface area contributed by atoms with Crippen molar-refractivity contribution in [2.24, 2.45) is 5.92 Å². The van der Waals surface area contributed by atoms with Crippen molar-refractivity contribution < 1.29 is 9.53 Å². The van der Waals surface area contributed by atoms with Crippen molar-refractivity contribution in [1.29, 1.82) is 0 Å². The van der Waals surface area contributed by atoms with Crippen LogP contribution in [-0.2, 0) is 17.8 Å². The Labute approximate surface area is 189 Å². The molecule has 1 saturated heterocycles. The molecule has 5 rings (SSSR count). The van der Waals surface area contributed by atoms with Gasteiger partial charge in [0.15, 0.2) is 0 Å². The SMILES string of the molecule is COc1ccc2c(c1)N1CCN(c3ccccc3)CC1C(C(=O)NCc1ccccc1)C2. The molecule has 2 aliphatic heterocycles. The summed E-state index contributed by atoms with van der Waals surface area (Å²) in [4.78, 5) is 18.3. The van der Waals surface area contributed by atoms with Gasteiger partial charge in [-0.2, -0.15) is 0 Å². The number of amides is 1. The van der Waals surface area contributed by atoms with Gasteiger partial charge in [-0.25, -0.2) is 0 Å². The second-order valence-electron chi connectivity index (χ2n) is 8.55. The van der Waals surface area contributed by atoms with Gasteiger partial charge in [-0.3, -0.25) is 4.79 Å². The molecule has 1 N–H and O–H groups in total. The summed E-state index contributed by atoms with van der Waals surface area (Å²) in [6.07, 6.45) is 0.740. The number of hydrogen-bond acceptors (Lipinski definition) is 4. The third-order valence-corrected chi connectivity index (χ3v) is 6.69. The molecular weight excluding hydrogens is 398 g/mol. The van der Waals surface area contributed by atoms with Gasteiger partial charge in [0.05, 0.1) is 19.1 Å². The minimum absolute atomic E-state index is 0.105. The molecule has 2 heterocycles. The van der Waals surface area contributed by atoms with Crippen LogP contribution in [0.25, 0.3) is 0 Å². The molecule has 3 aromatic rings. The van der Waals surface area contributed by atoms with E-state index < -0.39 is 0 Å². The first-order chi connectivity index (χ1) is 15.7. The van der Waals surface area contributed by atoms with Crippen LogP contribution in [0, 0.1) is 5.92 Å². The fourth-order valence-electron chi connectivity index (χ4n) is 4.99. The number of piperazine rings is 1. The monoisotopic (exact) mass is 427 g/mol. The van der Waals surface area contributed by atoms with Crippen LogP contribution in [0.15, 0.2) is 78.9 Å². The molecule has 0 radical (unpaired) electrons. The highest BCUT2D eigenvalue weighted by Gasteiger charge is 2.41. The van der Waals surface area contributed by atoms with Crippen molar-refractivity contribution in [3.05, 3.63) is 90.0 Å². The Hall–Kier alpha value is -3.47. The van der Waals surface area contributed by atoms with Crippen LogP contribution in [0.4, 0.5) is 11.4 Å². The van der Waals surface area contributed by atoms with Crippen LogP contribution in [0.5, 0.6) is 5.75 Å². The summed E-state index contributed by atoms with van der Waals surface area (Å²) >= 11 is 0. The van der Waals surface area contributed by atoms with Gasteiger partial charge in [-0.1, -0.05) is 54.6 Å². The average Bonchev–Trinajstić information content (AvgIpc) is 2.87. The van der Waals surface area contributed by atoms with Gasteiger partial charge in [0.25, 0.3) is 0 Å². The van der Waals surface area contributed by atoms with E-state index in [9.17, 15) is 4.79 Å². The minimum Gasteiger partial charge on any atom is -0.497 e. The van der Waals surface area contributed by atoms with Gasteiger partial charge in [0, 0.05) is 43.6 Å². The number of benzene rings is 3. The summed E-state index contributed by atoms with van der Waals surface area (Å²) in [7, 11) is 1.70. The molecule has 0 saturated carbocycles. The minimum atomic E-state index is -0.105. The Morgan fingerprint density at radius 2 is 1.75 bits per heavy atom. The van der Waals surface area contributed by atoms with E-state index in [4.69, 9.17) is 4.74 Å². The van der Waals surface area contributed by atoms with Crippen molar-refractivity contribution >= 4 is 17.3 Å². The number of carbonyl (C=O) groups excluding carboxylic acids is 1. The number of fused-ring (bicyclic) bond motifs is 3. The maximum atomic E-state index is 13.4. The van der Waals surface area contributed by atoms with E-state index in [1.807, 2.05) is 42.5 Å². The number of carbonyl (C=O) groups is 1. The van der Waals surface area contributed by atoms with Crippen LogP contribution >= 0.6 is 0 Å². The van der Waals surface area contributed by atoms with Gasteiger partial charge < -0.3 is 19.9 Å². The van der Waals surface area contributed by atoms with Gasteiger partial charge in [0.2, 0.25) is 5.91 Å². The van der Waals surface area contributed by atoms with Crippen molar-refractivity contribution in [3.8, 4) is 5.75 Å². The fourth-order valence-corrected chi connectivity index (χ4v) is 4.99. The predicted octanol–water partition coefficient (Wildman–Crippen LogP) is 3.88. The summed E-state index contributed by atoms with van der Waals surface area (Å²) in [5.41, 5.74) is 4.75. The second-order valence-corrected chi connectivity index (χ2v) is 8.55. The maximum Gasteiger partial charge on any atom is 0.225 e. The van der Waals surface area contributed by atoms with E-state index in [2.05, 4.69) is 51.5 Å². The lowest BCUT2D eigenvalue weighted by Gasteiger charge is -2.49. The molecule has 5 nitrogen and oxygen atoms in total. The Bertz CT molecular complexity index is 1070. The molecule has 0 aliphatic carbocycles. The molecule has 164 valence electrons. The van der Waals surface area contributed by atoms with Crippen LogP contribution in [0.1, 0.15) is 11.1 Å². The number of methoxy groups -OCH3 is 1. The van der Waals surface area contributed by atoms with Gasteiger partial charge >= 0.3 is 0 Å². The van der Waals surface area contributed by atoms with Crippen LogP contribution in [0.3, 0.4) is 0 Å². The zero-order valence-electron chi connectivity index (χ0n) is 18.4. The van der Waals surface area contributed by atoms with Gasteiger partial charge in [-0.15, -0.1) is 0 Å². The standard InChI is InChI=1S/C27H29N3O2/c1-32-23-13-12-21-16-24(27(31)28-18-20-8-4-2-5-9-20)26-19-29(22-10-6-3-7-11-22)14-15-30(26)25(21)17-23/h2-13,17,24,26H,14-16,18-19H2,1H3,(H,28,31). The van der Waals surface area contributed by atoms with Crippen molar-refractivity contribution in [3.63, 3.8) is 0 Å². The maximum absolute atomic E-state index is 13.4. The molecule has 1 fully saturated rings. The lowest BCUT2D eigenvalue weighted by atomic mass is 9.83. The Balaban J connectivity index is 1.42. The lowest BCUT2D eigenvalue weighted by molar-refractivity contribution is -0.126. The highest BCUT2D eigenvalue weighted by Crippen LogP contribution is 2.38. The average molecular weight is 428 g/mol. The van der Waals surface area contributed by atoms with Gasteiger partial charge in [-0.05, 0) is 35.7 Å². The Morgan fingerprint density at radius 1 is 1.00 bits per heavy atom. The third-order valence-electron chi connectivity index (χ3n) is 6.69. The smallest absolute Gasteiger partial charge is 0.225 e. The second kappa shape index (κ2) is 8.95. The number of hydrogen-bond donors (Lipinski definition) is 1. The Kier molecular flexibility index (Phi) is 5.71. The zero-order chi connectivity index (χ0) is 21.9.